The van der Waals surface area contributed by atoms with E-state index in [9.17, 15) is 18.4 Å². The maximum Gasteiger partial charge on any atom is 0.487 e. The van der Waals surface area contributed by atoms with Crippen molar-refractivity contribution in [1.82, 2.24) is 4.90 Å². The van der Waals surface area contributed by atoms with E-state index >= 15 is 0 Å². The summed E-state index contributed by atoms with van der Waals surface area (Å²) in [4.78, 5) is 31.3. The van der Waals surface area contributed by atoms with Crippen LogP contribution in [0.5, 0.6) is 5.75 Å². The number of thioether (sulfide) groups is 1. The normalized spacial score (nSPS) is 18.1. The van der Waals surface area contributed by atoms with Crippen LogP contribution in [0.15, 0.2) is 47.5 Å². The number of carbonyl (C=O) groups excluding carboxylic acids is 2. The highest BCUT2D eigenvalue weighted by molar-refractivity contribution is 8.15. The van der Waals surface area contributed by atoms with Gasteiger partial charge in [0, 0.05) is 40.3 Å². The third-order valence-corrected chi connectivity index (χ3v) is 5.88. The SMILES string of the molecule is CCN1C(=O)C[C@@H](C(=O)Nc2ccc(OC(F)(F)Cl)cc2)SC1=Nc1cc(Cl)cc(Cl)c1. The van der Waals surface area contributed by atoms with E-state index in [1.807, 2.05) is 0 Å². The van der Waals surface area contributed by atoms with Crippen LogP contribution in [0, 0.1) is 0 Å². The lowest BCUT2D eigenvalue weighted by atomic mass is 10.2. The third kappa shape index (κ3) is 6.71. The van der Waals surface area contributed by atoms with E-state index in [-0.39, 0.29) is 18.1 Å². The van der Waals surface area contributed by atoms with Gasteiger partial charge in [0.2, 0.25) is 11.8 Å². The van der Waals surface area contributed by atoms with Crippen molar-refractivity contribution < 1.29 is 23.1 Å². The summed E-state index contributed by atoms with van der Waals surface area (Å²) in [6.45, 7) is 2.17. The number of aliphatic imine (C=N–C) groups is 1. The standard InChI is InChI=1S/C20H16Cl3F2N3O3S/c1-2-28-17(29)10-16(32-19(28)27-14-8-11(21)7-12(22)9-14)18(30)26-13-3-5-15(6-4-13)31-20(23,24)25/h3-9,16H,2,10H2,1H3,(H,26,30)/t16-/m0/s1. The number of anilines is 1. The summed E-state index contributed by atoms with van der Waals surface area (Å²) in [6, 6.07) is 9.98. The second-order valence-electron chi connectivity index (χ2n) is 6.53. The first-order valence-electron chi connectivity index (χ1n) is 9.22. The van der Waals surface area contributed by atoms with Gasteiger partial charge in [0.15, 0.2) is 5.17 Å². The number of hydrogen-bond donors (Lipinski definition) is 1. The highest BCUT2D eigenvalue weighted by Gasteiger charge is 2.35. The fraction of sp³-hybridized carbons (Fsp3) is 0.250. The minimum absolute atomic E-state index is 0.0284. The van der Waals surface area contributed by atoms with Crippen LogP contribution < -0.4 is 10.1 Å². The zero-order valence-corrected chi connectivity index (χ0v) is 19.5. The van der Waals surface area contributed by atoms with Gasteiger partial charge >= 0.3 is 5.57 Å². The van der Waals surface area contributed by atoms with Gasteiger partial charge < -0.3 is 10.1 Å². The summed E-state index contributed by atoms with van der Waals surface area (Å²) >= 11 is 17.9. The zero-order chi connectivity index (χ0) is 23.5. The summed E-state index contributed by atoms with van der Waals surface area (Å²) in [5.41, 5.74) is -3.05. The maximum absolute atomic E-state index is 12.8. The summed E-state index contributed by atoms with van der Waals surface area (Å²) in [5, 5.41) is 3.03. The number of nitrogens with zero attached hydrogens (tertiary/aromatic N) is 2. The molecule has 12 heteroatoms. The number of alkyl halides is 3. The Morgan fingerprint density at radius 1 is 1.25 bits per heavy atom. The predicted octanol–water partition coefficient (Wildman–Crippen LogP) is 6.14. The van der Waals surface area contributed by atoms with Crippen LogP contribution in [-0.4, -0.2) is 39.2 Å². The Kier molecular flexibility index (Phi) is 7.87. The van der Waals surface area contributed by atoms with Crippen molar-refractivity contribution >= 4 is 74.9 Å². The first-order valence-corrected chi connectivity index (χ1v) is 11.2. The zero-order valence-electron chi connectivity index (χ0n) is 16.5. The fourth-order valence-corrected chi connectivity index (χ4v) is 4.60. The van der Waals surface area contributed by atoms with E-state index in [4.69, 9.17) is 34.8 Å². The molecule has 170 valence electrons. The maximum atomic E-state index is 12.8. The Labute approximate surface area is 201 Å². The molecule has 0 radical (unpaired) electrons. The minimum Gasteiger partial charge on any atom is -0.420 e. The molecule has 6 nitrogen and oxygen atoms in total. The van der Waals surface area contributed by atoms with Crippen LogP contribution in [0.25, 0.3) is 0 Å². The Morgan fingerprint density at radius 2 is 1.88 bits per heavy atom. The molecule has 2 aromatic carbocycles. The smallest absolute Gasteiger partial charge is 0.420 e. The molecule has 0 saturated carbocycles. The molecule has 1 N–H and O–H groups in total. The van der Waals surface area contributed by atoms with E-state index in [1.54, 1.807) is 25.1 Å². The molecular weight excluding hydrogens is 507 g/mol. The number of halogens is 5. The largest absolute Gasteiger partial charge is 0.487 e. The predicted molar refractivity (Wildman–Crippen MR) is 123 cm³/mol. The second kappa shape index (κ2) is 10.2. The molecule has 1 fully saturated rings. The minimum atomic E-state index is -3.84. The van der Waals surface area contributed by atoms with E-state index in [1.165, 1.54) is 29.2 Å². The van der Waals surface area contributed by atoms with Crippen molar-refractivity contribution in [2.75, 3.05) is 11.9 Å². The van der Waals surface area contributed by atoms with Gasteiger partial charge in [-0.2, -0.15) is 0 Å². The van der Waals surface area contributed by atoms with Crippen LogP contribution in [0.2, 0.25) is 10.0 Å². The van der Waals surface area contributed by atoms with E-state index < -0.39 is 16.7 Å². The Balaban J connectivity index is 1.75. The lowest BCUT2D eigenvalue weighted by Crippen LogP contribution is -2.45. The van der Waals surface area contributed by atoms with Crippen LogP contribution in [0.1, 0.15) is 13.3 Å². The van der Waals surface area contributed by atoms with Gasteiger partial charge in [-0.1, -0.05) is 35.0 Å². The number of benzene rings is 2. The van der Waals surface area contributed by atoms with Gasteiger partial charge in [-0.15, -0.1) is 8.78 Å². The molecule has 2 amide bonds. The number of amidine groups is 1. The van der Waals surface area contributed by atoms with Crippen LogP contribution >= 0.6 is 46.6 Å². The third-order valence-electron chi connectivity index (χ3n) is 4.18. The number of nitrogens with one attached hydrogen (secondary N) is 1. The lowest BCUT2D eigenvalue weighted by molar-refractivity contribution is -0.129. The summed E-state index contributed by atoms with van der Waals surface area (Å²) < 4.78 is 29.6. The first kappa shape index (κ1) is 24.6. The van der Waals surface area contributed by atoms with E-state index in [0.717, 1.165) is 11.8 Å². The fourth-order valence-electron chi connectivity index (χ4n) is 2.83. The van der Waals surface area contributed by atoms with Crippen LogP contribution in [-0.2, 0) is 9.59 Å². The highest BCUT2D eigenvalue weighted by Crippen LogP contribution is 2.32. The van der Waals surface area contributed by atoms with Crippen molar-refractivity contribution in [2.24, 2.45) is 4.99 Å². The van der Waals surface area contributed by atoms with Gasteiger partial charge in [-0.25, -0.2) is 4.99 Å². The molecule has 32 heavy (non-hydrogen) atoms. The molecule has 2 aromatic rings. The van der Waals surface area contributed by atoms with Gasteiger partial charge in [0.05, 0.1) is 5.69 Å². The molecular formula is C20H16Cl3F2N3O3S. The average Bonchev–Trinajstić information content (AvgIpc) is 2.67. The second-order valence-corrected chi connectivity index (χ2v) is 9.01. The van der Waals surface area contributed by atoms with Crippen molar-refractivity contribution in [3.05, 3.63) is 52.5 Å². The molecule has 1 atom stereocenters. The van der Waals surface area contributed by atoms with Crippen molar-refractivity contribution in [1.29, 1.82) is 0 Å². The van der Waals surface area contributed by atoms with Gasteiger partial charge in [-0.05, 0) is 49.4 Å². The Bertz CT molecular complexity index is 1030. The molecule has 1 heterocycles. The molecule has 0 bridgehead atoms. The highest BCUT2D eigenvalue weighted by atomic mass is 35.5. The Hall–Kier alpha value is -2.07. The molecule has 1 aliphatic rings. The summed E-state index contributed by atoms with van der Waals surface area (Å²) in [5.74, 6) is -0.864. The number of hydrogen-bond acceptors (Lipinski definition) is 5. The molecule has 3 rings (SSSR count). The van der Waals surface area contributed by atoms with Crippen LogP contribution in [0.3, 0.4) is 0 Å². The number of ether oxygens (including phenoxy) is 1. The number of amides is 2. The van der Waals surface area contributed by atoms with Crippen molar-refractivity contribution in [3.63, 3.8) is 0 Å². The Morgan fingerprint density at radius 3 is 2.44 bits per heavy atom. The molecule has 1 aliphatic heterocycles. The van der Waals surface area contributed by atoms with Crippen molar-refractivity contribution in [3.8, 4) is 5.75 Å². The number of carbonyl (C=O) groups is 2. The first-order chi connectivity index (χ1) is 15.0. The van der Waals surface area contributed by atoms with E-state index in [0.29, 0.717) is 33.1 Å². The van der Waals surface area contributed by atoms with E-state index in [2.05, 4.69) is 15.0 Å². The van der Waals surface area contributed by atoms with Crippen molar-refractivity contribution in [2.45, 2.75) is 24.2 Å². The molecule has 1 saturated heterocycles. The quantitative estimate of drug-likeness (QED) is 0.463. The summed E-state index contributed by atoms with van der Waals surface area (Å²) in [7, 11) is 0. The summed E-state index contributed by atoms with van der Waals surface area (Å²) in [6.07, 6.45) is -0.0284. The lowest BCUT2D eigenvalue weighted by Gasteiger charge is -2.31. The monoisotopic (exact) mass is 521 g/mol. The number of rotatable bonds is 6. The topological polar surface area (TPSA) is 71.0 Å². The molecule has 0 unspecified atom stereocenters. The van der Waals surface area contributed by atoms with Crippen LogP contribution in [0.4, 0.5) is 20.2 Å². The van der Waals surface area contributed by atoms with Gasteiger partial charge in [-0.3, -0.25) is 14.5 Å². The molecule has 0 aromatic heterocycles. The van der Waals surface area contributed by atoms with Gasteiger partial charge in [0.1, 0.15) is 11.0 Å². The molecule has 0 aliphatic carbocycles. The average molecular weight is 523 g/mol. The van der Waals surface area contributed by atoms with Gasteiger partial charge in [0.25, 0.3) is 0 Å². The molecule has 0 spiro atoms.